The largest absolute Gasteiger partial charge is 0.477 e. The summed E-state index contributed by atoms with van der Waals surface area (Å²) in [5.74, 6) is -1.99. The van der Waals surface area contributed by atoms with Crippen molar-refractivity contribution >= 4 is 17.9 Å². The summed E-state index contributed by atoms with van der Waals surface area (Å²) < 4.78 is 22.9. The second kappa shape index (κ2) is 56.7. The maximum absolute atomic E-state index is 12.9. The number of carbonyl (C=O) groups excluding carboxylic acids is 2. The first-order chi connectivity index (χ1) is 36.1. The number of ether oxygens (including phenoxy) is 4. The Bertz CT molecular complexity index is 1310. The molecule has 0 amide bonds. The minimum absolute atomic E-state index is 0.180. The molecule has 0 aliphatic rings. The fourth-order valence-electron chi connectivity index (χ4n) is 9.22. The number of carboxylic acid groups (broad SMARTS) is 1. The van der Waals surface area contributed by atoms with E-state index in [0.717, 1.165) is 44.9 Å². The SMILES string of the molecule is CCCCCCC/C=C\C/C=C\CCCCCCCCCCCCCCCCCCCCCC(=O)OC(COC(=O)CCCCCCCCC/C=C\CCCCCCCCC)COC(OCC[N+](C)(C)C)C(=O)O. The zero-order valence-corrected chi connectivity index (χ0v) is 49.5. The first-order valence-electron chi connectivity index (χ1n) is 31.7. The molecule has 0 radical (unpaired) electrons. The zero-order chi connectivity index (χ0) is 54.1. The Kier molecular flexibility index (Phi) is 54.8. The highest BCUT2D eigenvalue weighted by Gasteiger charge is 2.25. The molecule has 0 aliphatic heterocycles. The van der Waals surface area contributed by atoms with Gasteiger partial charge in [0.15, 0.2) is 6.10 Å². The van der Waals surface area contributed by atoms with Gasteiger partial charge in [0, 0.05) is 12.8 Å². The number of likely N-dealkylation sites (N-methyl/N-ethyl adjacent to an activating group) is 1. The van der Waals surface area contributed by atoms with Crippen LogP contribution in [0.15, 0.2) is 36.5 Å². The lowest BCUT2D eigenvalue weighted by atomic mass is 10.0. The first kappa shape index (κ1) is 71.5. The number of aliphatic carboxylic acids is 1. The smallest absolute Gasteiger partial charge is 0.361 e. The van der Waals surface area contributed by atoms with Gasteiger partial charge in [0.05, 0.1) is 34.4 Å². The van der Waals surface area contributed by atoms with E-state index in [1.165, 1.54) is 231 Å². The third kappa shape index (κ3) is 57.2. The molecule has 9 heteroatoms. The Balaban J connectivity index is 4.11. The zero-order valence-electron chi connectivity index (χ0n) is 49.5. The Morgan fingerprint density at radius 2 is 0.730 bits per heavy atom. The molecule has 0 aliphatic carbocycles. The molecule has 0 bridgehead atoms. The van der Waals surface area contributed by atoms with Crippen LogP contribution in [0.1, 0.15) is 303 Å². The molecule has 434 valence electrons. The Hall–Kier alpha value is -2.49. The van der Waals surface area contributed by atoms with E-state index < -0.39 is 18.4 Å². The van der Waals surface area contributed by atoms with Crippen LogP contribution in [0.3, 0.4) is 0 Å². The molecule has 9 nitrogen and oxygen atoms in total. The average Bonchev–Trinajstić information content (AvgIpc) is 3.37. The van der Waals surface area contributed by atoms with Crippen LogP contribution in [-0.2, 0) is 33.3 Å². The lowest BCUT2D eigenvalue weighted by Crippen LogP contribution is -2.40. The van der Waals surface area contributed by atoms with Crippen molar-refractivity contribution in [2.24, 2.45) is 0 Å². The number of rotatable bonds is 59. The normalized spacial score (nSPS) is 12.9. The summed E-state index contributed by atoms with van der Waals surface area (Å²) in [6, 6.07) is 0. The molecule has 0 saturated heterocycles. The van der Waals surface area contributed by atoms with Crippen LogP contribution in [0.2, 0.25) is 0 Å². The third-order valence-electron chi connectivity index (χ3n) is 14.1. The van der Waals surface area contributed by atoms with Crippen molar-refractivity contribution in [1.29, 1.82) is 0 Å². The molecule has 2 atom stereocenters. The highest BCUT2D eigenvalue weighted by molar-refractivity contribution is 5.71. The van der Waals surface area contributed by atoms with Crippen molar-refractivity contribution in [2.75, 3.05) is 47.5 Å². The van der Waals surface area contributed by atoms with Gasteiger partial charge in [-0.05, 0) is 70.6 Å². The summed E-state index contributed by atoms with van der Waals surface area (Å²) >= 11 is 0. The fraction of sp³-hybridized carbons (Fsp3) is 0.862. The van der Waals surface area contributed by atoms with Crippen LogP contribution < -0.4 is 0 Å². The van der Waals surface area contributed by atoms with Crippen LogP contribution in [0.4, 0.5) is 0 Å². The van der Waals surface area contributed by atoms with Gasteiger partial charge in [-0.3, -0.25) is 9.59 Å². The van der Waals surface area contributed by atoms with Crippen LogP contribution in [-0.4, -0.2) is 87.4 Å². The molecule has 0 rings (SSSR count). The predicted octanol–water partition coefficient (Wildman–Crippen LogP) is 18.9. The summed E-state index contributed by atoms with van der Waals surface area (Å²) in [7, 11) is 5.98. The van der Waals surface area contributed by atoms with Crippen LogP contribution in [0.5, 0.6) is 0 Å². The molecule has 2 unspecified atom stereocenters. The molecule has 0 spiro atoms. The number of quaternary nitrogens is 1. The lowest BCUT2D eigenvalue weighted by Gasteiger charge is -2.25. The van der Waals surface area contributed by atoms with Gasteiger partial charge in [-0.1, -0.05) is 256 Å². The average molecular weight is 1050 g/mol. The topological polar surface area (TPSA) is 108 Å². The predicted molar refractivity (Wildman–Crippen MR) is 314 cm³/mol. The maximum Gasteiger partial charge on any atom is 0.361 e. The highest BCUT2D eigenvalue weighted by Crippen LogP contribution is 2.17. The van der Waals surface area contributed by atoms with Crippen LogP contribution in [0, 0.1) is 0 Å². The Morgan fingerprint density at radius 3 is 1.08 bits per heavy atom. The van der Waals surface area contributed by atoms with Crippen molar-refractivity contribution in [1.82, 2.24) is 0 Å². The minimum Gasteiger partial charge on any atom is -0.477 e. The van der Waals surface area contributed by atoms with E-state index in [-0.39, 0.29) is 38.2 Å². The number of carboxylic acids is 1. The summed E-state index contributed by atoms with van der Waals surface area (Å²) in [5.41, 5.74) is 0. The molecule has 0 fully saturated rings. The molecule has 0 aromatic rings. The van der Waals surface area contributed by atoms with Gasteiger partial charge in [0.1, 0.15) is 13.2 Å². The summed E-state index contributed by atoms with van der Waals surface area (Å²) in [6.07, 6.45) is 66.7. The van der Waals surface area contributed by atoms with Gasteiger partial charge in [-0.2, -0.15) is 0 Å². The molecule has 0 aromatic carbocycles. The number of hydrogen-bond acceptors (Lipinski definition) is 7. The van der Waals surface area contributed by atoms with Gasteiger partial charge < -0.3 is 28.5 Å². The standard InChI is InChI=1S/C65H121NO8/c1-6-8-10-12-14-16-18-20-22-24-26-27-28-29-30-31-32-33-34-35-36-37-38-40-42-44-46-48-50-52-54-56-63(68)74-61(60-73-65(64(69)70)71-58-57-66(3,4)5)59-72-62(67)55-53-51-49-47-45-43-41-39-25-23-21-19-17-15-13-11-9-7-2/h18,20,23-26,61,65H,6-17,19,21-22,27-60H2,1-5H3/p+1/b20-18-,25-23-,26-24-. The van der Waals surface area contributed by atoms with Gasteiger partial charge >= 0.3 is 17.9 Å². The number of esters is 2. The van der Waals surface area contributed by atoms with Crippen molar-refractivity contribution in [2.45, 2.75) is 315 Å². The number of allylic oxidation sites excluding steroid dienone is 6. The summed E-state index contributed by atoms with van der Waals surface area (Å²) in [5, 5.41) is 9.71. The molecule has 1 N–H and O–H groups in total. The summed E-state index contributed by atoms with van der Waals surface area (Å²) in [4.78, 5) is 37.5. The van der Waals surface area contributed by atoms with Gasteiger partial charge in [-0.15, -0.1) is 0 Å². The van der Waals surface area contributed by atoms with Gasteiger partial charge in [-0.25, -0.2) is 4.79 Å². The molecular weight excluding hydrogens is 923 g/mol. The molecule has 0 saturated carbocycles. The Labute approximate surface area is 458 Å². The van der Waals surface area contributed by atoms with Crippen LogP contribution >= 0.6 is 0 Å². The monoisotopic (exact) mass is 1040 g/mol. The fourth-order valence-corrected chi connectivity index (χ4v) is 9.22. The quantitative estimate of drug-likeness (QED) is 0.0211. The van der Waals surface area contributed by atoms with E-state index in [1.54, 1.807) is 0 Å². The highest BCUT2D eigenvalue weighted by atomic mass is 16.7. The number of nitrogens with zero attached hydrogens (tertiary/aromatic N) is 1. The minimum atomic E-state index is -1.51. The third-order valence-corrected chi connectivity index (χ3v) is 14.1. The molecular formula is C65H122NO8+. The second-order valence-corrected chi connectivity index (χ2v) is 22.7. The van der Waals surface area contributed by atoms with Crippen molar-refractivity contribution in [3.63, 3.8) is 0 Å². The summed E-state index contributed by atoms with van der Waals surface area (Å²) in [6.45, 7) is 4.90. The van der Waals surface area contributed by atoms with E-state index in [9.17, 15) is 19.5 Å². The van der Waals surface area contributed by atoms with E-state index >= 15 is 0 Å². The van der Waals surface area contributed by atoms with Crippen LogP contribution in [0.25, 0.3) is 0 Å². The lowest BCUT2D eigenvalue weighted by molar-refractivity contribution is -0.870. The number of hydrogen-bond donors (Lipinski definition) is 1. The van der Waals surface area contributed by atoms with E-state index in [4.69, 9.17) is 18.9 Å². The van der Waals surface area contributed by atoms with Gasteiger partial charge in [0.2, 0.25) is 0 Å². The second-order valence-electron chi connectivity index (χ2n) is 22.7. The van der Waals surface area contributed by atoms with Crippen molar-refractivity contribution < 1.29 is 42.9 Å². The molecule has 74 heavy (non-hydrogen) atoms. The van der Waals surface area contributed by atoms with E-state index in [0.29, 0.717) is 17.4 Å². The van der Waals surface area contributed by atoms with E-state index in [2.05, 4.69) is 50.3 Å². The Morgan fingerprint density at radius 1 is 0.405 bits per heavy atom. The maximum atomic E-state index is 12.9. The number of carbonyl (C=O) groups is 3. The first-order valence-corrected chi connectivity index (χ1v) is 31.7. The number of unbranched alkanes of at least 4 members (excludes halogenated alkanes) is 38. The van der Waals surface area contributed by atoms with Crippen molar-refractivity contribution in [3.8, 4) is 0 Å². The molecule has 0 aromatic heterocycles. The molecule has 0 heterocycles. The van der Waals surface area contributed by atoms with E-state index in [1.807, 2.05) is 21.1 Å². The van der Waals surface area contributed by atoms with Crippen molar-refractivity contribution in [3.05, 3.63) is 36.5 Å². The van der Waals surface area contributed by atoms with Gasteiger partial charge in [0.25, 0.3) is 6.29 Å².